The average molecular weight is 355 g/mol. The molecule has 0 fully saturated rings. The molecule has 2 N–H and O–H groups in total. The van der Waals surface area contributed by atoms with Crippen LogP contribution in [0.1, 0.15) is 5.56 Å². The maximum Gasteiger partial charge on any atom is 0.319 e. The molecule has 0 bridgehead atoms. The number of halogens is 2. The van der Waals surface area contributed by atoms with Gasteiger partial charge in [-0.25, -0.2) is 4.79 Å². The number of rotatable bonds is 6. The molecular weight excluding hydrogens is 339 g/mol. The van der Waals surface area contributed by atoms with Crippen LogP contribution in [0.25, 0.3) is 0 Å². The maximum atomic E-state index is 11.7. The predicted molar refractivity (Wildman–Crippen MR) is 96.1 cm³/mol. The lowest BCUT2D eigenvalue weighted by Gasteiger charge is -2.08. The van der Waals surface area contributed by atoms with Crippen LogP contribution in [0.15, 0.2) is 48.5 Å². The zero-order valence-electron chi connectivity index (χ0n) is 11.8. The number of anilines is 1. The molecule has 0 radical (unpaired) electrons. The van der Waals surface area contributed by atoms with E-state index in [1.165, 1.54) is 0 Å². The van der Waals surface area contributed by atoms with Crippen LogP contribution < -0.4 is 10.6 Å². The van der Waals surface area contributed by atoms with Crippen molar-refractivity contribution in [1.82, 2.24) is 5.32 Å². The van der Waals surface area contributed by atoms with E-state index >= 15 is 0 Å². The fourth-order valence-electron chi connectivity index (χ4n) is 1.78. The van der Waals surface area contributed by atoms with E-state index in [9.17, 15) is 4.79 Å². The summed E-state index contributed by atoms with van der Waals surface area (Å²) in [6, 6.07) is 14.6. The summed E-state index contributed by atoms with van der Waals surface area (Å²) in [6.07, 6.45) is 0. The van der Waals surface area contributed by atoms with Gasteiger partial charge >= 0.3 is 6.03 Å². The van der Waals surface area contributed by atoms with Gasteiger partial charge in [0.05, 0.1) is 0 Å². The van der Waals surface area contributed by atoms with E-state index in [1.807, 2.05) is 48.5 Å². The summed E-state index contributed by atoms with van der Waals surface area (Å²) in [7, 11) is 0. The van der Waals surface area contributed by atoms with Crippen molar-refractivity contribution in [1.29, 1.82) is 0 Å². The van der Waals surface area contributed by atoms with Crippen LogP contribution in [0.4, 0.5) is 10.5 Å². The Morgan fingerprint density at radius 3 is 2.36 bits per heavy atom. The highest BCUT2D eigenvalue weighted by molar-refractivity contribution is 7.98. The van der Waals surface area contributed by atoms with Crippen molar-refractivity contribution < 1.29 is 4.79 Å². The standard InChI is InChI=1S/C16H16Cl2N2OS/c17-14-7-4-8-15(18)13(14)11-22-10-9-19-16(21)20-12-5-2-1-3-6-12/h1-8H,9-11H2,(H2,19,20,21). The third-order valence-corrected chi connectivity index (χ3v) is 4.57. The highest BCUT2D eigenvalue weighted by Gasteiger charge is 2.05. The Morgan fingerprint density at radius 1 is 1.00 bits per heavy atom. The fourth-order valence-corrected chi connectivity index (χ4v) is 3.37. The van der Waals surface area contributed by atoms with Crippen molar-refractivity contribution in [3.8, 4) is 0 Å². The van der Waals surface area contributed by atoms with Crippen LogP contribution in [0, 0.1) is 0 Å². The molecule has 22 heavy (non-hydrogen) atoms. The molecule has 0 aromatic heterocycles. The first kappa shape index (κ1) is 17.0. The van der Waals surface area contributed by atoms with Crippen molar-refractivity contribution in [2.45, 2.75) is 5.75 Å². The van der Waals surface area contributed by atoms with Gasteiger partial charge in [0, 0.05) is 33.8 Å². The summed E-state index contributed by atoms with van der Waals surface area (Å²) < 4.78 is 0. The Bertz CT molecular complexity index is 603. The first-order chi connectivity index (χ1) is 10.7. The van der Waals surface area contributed by atoms with E-state index < -0.39 is 0 Å². The third kappa shape index (κ3) is 5.44. The van der Waals surface area contributed by atoms with Crippen molar-refractivity contribution in [3.63, 3.8) is 0 Å². The summed E-state index contributed by atoms with van der Waals surface area (Å²) in [5.74, 6) is 1.50. The number of hydrogen-bond acceptors (Lipinski definition) is 2. The number of nitrogens with one attached hydrogen (secondary N) is 2. The van der Waals surface area contributed by atoms with Crippen LogP contribution in [0.5, 0.6) is 0 Å². The van der Waals surface area contributed by atoms with E-state index in [0.29, 0.717) is 16.6 Å². The number of hydrogen-bond donors (Lipinski definition) is 2. The molecule has 0 unspecified atom stereocenters. The van der Waals surface area contributed by atoms with Gasteiger partial charge in [-0.05, 0) is 29.8 Å². The molecule has 0 saturated carbocycles. The minimum Gasteiger partial charge on any atom is -0.337 e. The molecule has 0 atom stereocenters. The zero-order chi connectivity index (χ0) is 15.8. The summed E-state index contributed by atoms with van der Waals surface area (Å²) >= 11 is 13.9. The van der Waals surface area contributed by atoms with Gasteiger partial charge < -0.3 is 10.6 Å². The number of benzene rings is 2. The first-order valence-corrected chi connectivity index (χ1v) is 8.68. The van der Waals surface area contributed by atoms with Gasteiger partial charge in [0.2, 0.25) is 0 Å². The van der Waals surface area contributed by atoms with E-state index in [1.54, 1.807) is 11.8 Å². The van der Waals surface area contributed by atoms with Crippen LogP contribution in [-0.4, -0.2) is 18.3 Å². The Kier molecular flexibility index (Phi) is 6.90. The first-order valence-electron chi connectivity index (χ1n) is 6.77. The zero-order valence-corrected chi connectivity index (χ0v) is 14.1. The summed E-state index contributed by atoms with van der Waals surface area (Å²) in [5.41, 5.74) is 1.71. The average Bonchev–Trinajstić information content (AvgIpc) is 2.50. The summed E-state index contributed by atoms with van der Waals surface area (Å²) in [5, 5.41) is 6.93. The number of carbonyl (C=O) groups excluding carboxylic acids is 1. The highest BCUT2D eigenvalue weighted by atomic mass is 35.5. The molecule has 0 aliphatic rings. The van der Waals surface area contributed by atoms with Crippen molar-refractivity contribution >= 4 is 46.7 Å². The van der Waals surface area contributed by atoms with E-state index in [-0.39, 0.29) is 6.03 Å². The number of amides is 2. The van der Waals surface area contributed by atoms with Gasteiger partial charge in [-0.1, -0.05) is 47.5 Å². The molecule has 2 rings (SSSR count). The fraction of sp³-hybridized carbons (Fsp3) is 0.188. The van der Waals surface area contributed by atoms with Gasteiger partial charge in [0.25, 0.3) is 0 Å². The molecule has 116 valence electrons. The van der Waals surface area contributed by atoms with Gasteiger partial charge in [-0.2, -0.15) is 11.8 Å². The molecule has 0 heterocycles. The van der Waals surface area contributed by atoms with E-state index in [0.717, 1.165) is 22.8 Å². The van der Waals surface area contributed by atoms with Gasteiger partial charge in [-0.3, -0.25) is 0 Å². The Morgan fingerprint density at radius 2 is 1.68 bits per heavy atom. The predicted octanol–water partition coefficient (Wildman–Crippen LogP) is 5.05. The second-order valence-electron chi connectivity index (χ2n) is 4.50. The summed E-state index contributed by atoms with van der Waals surface area (Å²) in [6.45, 7) is 0.575. The Labute approximate surface area is 144 Å². The van der Waals surface area contributed by atoms with E-state index in [4.69, 9.17) is 23.2 Å². The lowest BCUT2D eigenvalue weighted by molar-refractivity contribution is 0.252. The maximum absolute atomic E-state index is 11.7. The summed E-state index contributed by atoms with van der Waals surface area (Å²) in [4.78, 5) is 11.7. The SMILES string of the molecule is O=C(NCCSCc1c(Cl)cccc1Cl)Nc1ccccc1. The van der Waals surface area contributed by atoms with Crippen molar-refractivity contribution in [2.75, 3.05) is 17.6 Å². The largest absolute Gasteiger partial charge is 0.337 e. The molecule has 2 aromatic carbocycles. The van der Waals surface area contributed by atoms with Crippen LogP contribution in [0.2, 0.25) is 10.0 Å². The minimum absolute atomic E-state index is 0.206. The third-order valence-electron chi connectivity index (χ3n) is 2.87. The Balaban J connectivity index is 1.66. The molecule has 0 aliphatic heterocycles. The topological polar surface area (TPSA) is 41.1 Å². The molecular formula is C16H16Cl2N2OS. The lowest BCUT2D eigenvalue weighted by atomic mass is 10.2. The molecule has 2 aromatic rings. The van der Waals surface area contributed by atoms with Crippen LogP contribution in [0.3, 0.4) is 0 Å². The minimum atomic E-state index is -0.206. The second-order valence-corrected chi connectivity index (χ2v) is 6.42. The van der Waals surface area contributed by atoms with Crippen LogP contribution in [-0.2, 0) is 5.75 Å². The normalized spacial score (nSPS) is 10.3. The number of thioether (sulfide) groups is 1. The second kappa shape index (κ2) is 8.93. The van der Waals surface area contributed by atoms with Crippen molar-refractivity contribution in [2.24, 2.45) is 0 Å². The van der Waals surface area contributed by atoms with E-state index in [2.05, 4.69) is 10.6 Å². The molecule has 0 aliphatic carbocycles. The van der Waals surface area contributed by atoms with Crippen LogP contribution >= 0.6 is 35.0 Å². The van der Waals surface area contributed by atoms with Gasteiger partial charge in [-0.15, -0.1) is 0 Å². The van der Waals surface area contributed by atoms with Gasteiger partial charge in [0.1, 0.15) is 0 Å². The molecule has 0 spiro atoms. The lowest BCUT2D eigenvalue weighted by Crippen LogP contribution is -2.30. The number of urea groups is 1. The smallest absolute Gasteiger partial charge is 0.319 e. The molecule has 6 heteroatoms. The van der Waals surface area contributed by atoms with Crippen molar-refractivity contribution in [3.05, 3.63) is 64.1 Å². The van der Waals surface area contributed by atoms with Gasteiger partial charge in [0.15, 0.2) is 0 Å². The quantitative estimate of drug-likeness (QED) is 0.712. The molecule has 0 saturated heterocycles. The molecule has 2 amide bonds. The highest BCUT2D eigenvalue weighted by Crippen LogP contribution is 2.27. The Hall–Kier alpha value is -1.36. The molecule has 3 nitrogen and oxygen atoms in total. The monoisotopic (exact) mass is 354 g/mol. The number of carbonyl (C=O) groups is 1. The number of para-hydroxylation sites is 1.